The molecule has 0 atom stereocenters. The highest BCUT2D eigenvalue weighted by Gasteiger charge is 2.16. The molecule has 2 rings (SSSR count). The van der Waals surface area contributed by atoms with Crippen LogP contribution in [0.4, 0.5) is 0 Å². The summed E-state index contributed by atoms with van der Waals surface area (Å²) in [4.78, 5) is 0. The Morgan fingerprint density at radius 3 is 2.30 bits per heavy atom. The van der Waals surface area contributed by atoms with E-state index in [1.807, 2.05) is 38.1 Å². The number of rotatable bonds is 4. The van der Waals surface area contributed by atoms with Gasteiger partial charge in [0.05, 0.1) is 0 Å². The zero-order valence-electron chi connectivity index (χ0n) is 12.4. The highest BCUT2D eigenvalue weighted by Crippen LogP contribution is 2.41. The second kappa shape index (κ2) is 6.00. The van der Waals surface area contributed by atoms with E-state index < -0.39 is 0 Å². The van der Waals surface area contributed by atoms with Crippen molar-refractivity contribution < 1.29 is 10.2 Å². The van der Waals surface area contributed by atoms with E-state index in [4.69, 9.17) is 0 Å². The van der Waals surface area contributed by atoms with Crippen LogP contribution in [0, 0.1) is 13.8 Å². The first kappa shape index (κ1) is 14.4. The Labute approximate surface area is 120 Å². The molecule has 0 aliphatic heterocycles. The van der Waals surface area contributed by atoms with Gasteiger partial charge in [-0.05, 0) is 43.4 Å². The van der Waals surface area contributed by atoms with Crippen molar-refractivity contribution in [3.05, 3.63) is 47.0 Å². The highest BCUT2D eigenvalue weighted by atomic mass is 16.3. The average molecular weight is 270 g/mol. The molecule has 0 saturated carbocycles. The fraction of sp³-hybridized carbons (Fsp3) is 0.333. The third kappa shape index (κ3) is 2.64. The summed E-state index contributed by atoms with van der Waals surface area (Å²) in [7, 11) is 0. The number of phenols is 2. The summed E-state index contributed by atoms with van der Waals surface area (Å²) in [5.41, 5.74) is 4.25. The fourth-order valence-corrected chi connectivity index (χ4v) is 2.47. The van der Waals surface area contributed by atoms with Crippen molar-refractivity contribution in [2.24, 2.45) is 0 Å². The molecule has 0 fully saturated rings. The molecule has 0 unspecified atom stereocenters. The predicted molar refractivity (Wildman–Crippen MR) is 83.3 cm³/mol. The molecule has 0 radical (unpaired) electrons. The first-order valence-electron chi connectivity index (χ1n) is 7.16. The largest absolute Gasteiger partial charge is 0.507 e. The lowest BCUT2D eigenvalue weighted by Gasteiger charge is -2.15. The van der Waals surface area contributed by atoms with Crippen LogP contribution in [0.15, 0.2) is 30.3 Å². The van der Waals surface area contributed by atoms with Crippen LogP contribution in [-0.2, 0) is 6.42 Å². The normalized spacial score (nSPS) is 10.8. The molecular formula is C18H22O2. The first-order chi connectivity index (χ1) is 9.56. The standard InChI is InChI=1S/C18H22O2/c1-4-5-8-14-11-10-13(3)18(20)16(14)15-9-6-7-12(2)17(15)19/h6-7,9-11,19-20H,4-5,8H2,1-3H3. The van der Waals surface area contributed by atoms with Crippen LogP contribution in [0.1, 0.15) is 36.5 Å². The van der Waals surface area contributed by atoms with Crippen molar-refractivity contribution in [1.29, 1.82) is 0 Å². The van der Waals surface area contributed by atoms with Crippen LogP contribution < -0.4 is 0 Å². The molecule has 0 aliphatic carbocycles. The number of benzene rings is 2. The summed E-state index contributed by atoms with van der Waals surface area (Å²) < 4.78 is 0. The van der Waals surface area contributed by atoms with Gasteiger partial charge in [0.25, 0.3) is 0 Å². The van der Waals surface area contributed by atoms with Crippen LogP contribution in [0.5, 0.6) is 11.5 Å². The van der Waals surface area contributed by atoms with E-state index in [0.717, 1.165) is 47.1 Å². The zero-order valence-corrected chi connectivity index (χ0v) is 12.4. The Kier molecular flexibility index (Phi) is 4.33. The van der Waals surface area contributed by atoms with Crippen LogP contribution >= 0.6 is 0 Å². The quantitative estimate of drug-likeness (QED) is 0.843. The molecule has 0 spiro atoms. The topological polar surface area (TPSA) is 40.5 Å². The Hall–Kier alpha value is -1.96. The number of phenolic OH excluding ortho intramolecular Hbond substituents is 2. The smallest absolute Gasteiger partial charge is 0.126 e. The minimum atomic E-state index is 0.256. The van der Waals surface area contributed by atoms with E-state index >= 15 is 0 Å². The number of aryl methyl sites for hydroxylation is 3. The molecule has 20 heavy (non-hydrogen) atoms. The fourth-order valence-electron chi connectivity index (χ4n) is 2.47. The van der Waals surface area contributed by atoms with Gasteiger partial charge in [0, 0.05) is 11.1 Å². The van der Waals surface area contributed by atoms with E-state index in [2.05, 4.69) is 13.0 Å². The number of aromatic hydroxyl groups is 2. The van der Waals surface area contributed by atoms with Crippen molar-refractivity contribution >= 4 is 0 Å². The second-order valence-corrected chi connectivity index (χ2v) is 5.34. The maximum atomic E-state index is 10.4. The Morgan fingerprint density at radius 1 is 0.900 bits per heavy atom. The monoisotopic (exact) mass is 270 g/mol. The number of para-hydroxylation sites is 1. The van der Waals surface area contributed by atoms with Crippen molar-refractivity contribution in [1.82, 2.24) is 0 Å². The third-order valence-corrected chi connectivity index (χ3v) is 3.77. The Bertz CT molecular complexity index is 615. The van der Waals surface area contributed by atoms with Gasteiger partial charge in [0.15, 0.2) is 0 Å². The second-order valence-electron chi connectivity index (χ2n) is 5.34. The van der Waals surface area contributed by atoms with E-state index in [9.17, 15) is 10.2 Å². The van der Waals surface area contributed by atoms with Gasteiger partial charge in [-0.3, -0.25) is 0 Å². The summed E-state index contributed by atoms with van der Waals surface area (Å²) in [6, 6.07) is 9.65. The lowest BCUT2D eigenvalue weighted by atomic mass is 9.92. The minimum absolute atomic E-state index is 0.256. The summed E-state index contributed by atoms with van der Waals surface area (Å²) in [6.07, 6.45) is 3.09. The van der Waals surface area contributed by atoms with Crippen LogP contribution in [0.3, 0.4) is 0 Å². The highest BCUT2D eigenvalue weighted by molar-refractivity contribution is 5.80. The molecule has 0 saturated heterocycles. The summed E-state index contributed by atoms with van der Waals surface area (Å²) in [5, 5.41) is 20.7. The molecule has 0 bridgehead atoms. The average Bonchev–Trinajstić information content (AvgIpc) is 2.44. The van der Waals surface area contributed by atoms with E-state index in [-0.39, 0.29) is 11.5 Å². The van der Waals surface area contributed by atoms with Gasteiger partial charge in [-0.25, -0.2) is 0 Å². The van der Waals surface area contributed by atoms with Gasteiger partial charge < -0.3 is 10.2 Å². The van der Waals surface area contributed by atoms with Gasteiger partial charge in [-0.2, -0.15) is 0 Å². The van der Waals surface area contributed by atoms with Gasteiger partial charge in [-0.15, -0.1) is 0 Å². The van der Waals surface area contributed by atoms with Gasteiger partial charge in [0.2, 0.25) is 0 Å². The number of hydrogen-bond acceptors (Lipinski definition) is 2. The lowest BCUT2D eigenvalue weighted by molar-refractivity contribution is 0.464. The molecular weight excluding hydrogens is 248 g/mol. The van der Waals surface area contributed by atoms with Crippen LogP contribution in [-0.4, -0.2) is 10.2 Å². The molecule has 2 N–H and O–H groups in total. The molecule has 0 aliphatic rings. The summed E-state index contributed by atoms with van der Waals surface area (Å²) in [6.45, 7) is 5.91. The lowest BCUT2D eigenvalue weighted by Crippen LogP contribution is -1.94. The van der Waals surface area contributed by atoms with E-state index in [0.29, 0.717) is 0 Å². The van der Waals surface area contributed by atoms with E-state index in [1.165, 1.54) is 0 Å². The predicted octanol–water partition coefficient (Wildman–Crippen LogP) is 4.72. The van der Waals surface area contributed by atoms with Gasteiger partial charge >= 0.3 is 0 Å². The molecule has 2 aromatic rings. The Balaban J connectivity index is 2.64. The summed E-state index contributed by atoms with van der Waals surface area (Å²) >= 11 is 0. The third-order valence-electron chi connectivity index (χ3n) is 3.77. The molecule has 2 nitrogen and oxygen atoms in total. The molecule has 0 aromatic heterocycles. The van der Waals surface area contributed by atoms with Crippen molar-refractivity contribution in [2.45, 2.75) is 40.0 Å². The van der Waals surface area contributed by atoms with Crippen molar-refractivity contribution in [2.75, 3.05) is 0 Å². The first-order valence-corrected chi connectivity index (χ1v) is 7.16. The Morgan fingerprint density at radius 2 is 1.60 bits per heavy atom. The molecule has 106 valence electrons. The molecule has 2 heteroatoms. The zero-order chi connectivity index (χ0) is 14.7. The molecule has 2 aromatic carbocycles. The molecule has 0 amide bonds. The van der Waals surface area contributed by atoms with Crippen LogP contribution in [0.2, 0.25) is 0 Å². The van der Waals surface area contributed by atoms with Crippen molar-refractivity contribution in [3.8, 4) is 22.6 Å². The van der Waals surface area contributed by atoms with Gasteiger partial charge in [0.1, 0.15) is 11.5 Å². The van der Waals surface area contributed by atoms with E-state index in [1.54, 1.807) is 0 Å². The van der Waals surface area contributed by atoms with Crippen LogP contribution in [0.25, 0.3) is 11.1 Å². The maximum absolute atomic E-state index is 10.4. The maximum Gasteiger partial charge on any atom is 0.126 e. The number of hydrogen-bond donors (Lipinski definition) is 2. The molecule has 0 heterocycles. The van der Waals surface area contributed by atoms with Gasteiger partial charge in [-0.1, -0.05) is 43.7 Å². The number of unbranched alkanes of at least 4 members (excludes halogenated alkanes) is 1. The summed E-state index contributed by atoms with van der Waals surface area (Å²) in [5.74, 6) is 0.533. The minimum Gasteiger partial charge on any atom is -0.507 e. The van der Waals surface area contributed by atoms with Crippen molar-refractivity contribution in [3.63, 3.8) is 0 Å². The SMILES string of the molecule is CCCCc1ccc(C)c(O)c1-c1cccc(C)c1O.